The summed E-state index contributed by atoms with van der Waals surface area (Å²) in [5, 5.41) is 2.34. The van der Waals surface area contributed by atoms with E-state index in [0.717, 1.165) is 11.1 Å². The Morgan fingerprint density at radius 2 is 1.55 bits per heavy atom. The van der Waals surface area contributed by atoms with Crippen molar-refractivity contribution in [3.63, 3.8) is 0 Å². The summed E-state index contributed by atoms with van der Waals surface area (Å²) < 4.78 is 7.46. The number of hydrogen-bond donors (Lipinski definition) is 0. The summed E-state index contributed by atoms with van der Waals surface area (Å²) in [7, 11) is 3.73. The van der Waals surface area contributed by atoms with Gasteiger partial charge in [-0.15, -0.1) is 0 Å². The molecule has 0 saturated heterocycles. The number of aromatic nitrogens is 1. The average molecular weight is 312 g/mol. The fourth-order valence-electron chi connectivity index (χ4n) is 2.43. The van der Waals surface area contributed by atoms with Crippen molar-refractivity contribution in [1.29, 1.82) is 0 Å². The monoisotopic (exact) mass is 311 g/mol. The standard InChI is InChI=1S/C19H18NO.ClH/c1-20-13-11-15(12-14-20)7-8-16-9-10-19(21-2)18-6-4-3-5-17(16)18;/h3-14H,1-2H3;1H/q+1;/p-1/b8-7+;. The molecule has 3 heteroatoms. The lowest BCUT2D eigenvalue weighted by molar-refractivity contribution is -0.671. The first kappa shape index (κ1) is 16.1. The molecule has 0 saturated carbocycles. The van der Waals surface area contributed by atoms with Gasteiger partial charge in [-0.3, -0.25) is 0 Å². The van der Waals surface area contributed by atoms with E-state index in [2.05, 4.69) is 48.6 Å². The van der Waals surface area contributed by atoms with Gasteiger partial charge in [0.1, 0.15) is 12.8 Å². The van der Waals surface area contributed by atoms with Crippen molar-refractivity contribution in [2.24, 2.45) is 7.05 Å². The number of rotatable bonds is 3. The Kier molecular flexibility index (Phi) is 5.18. The van der Waals surface area contributed by atoms with E-state index in [9.17, 15) is 0 Å². The second-order valence-corrected chi connectivity index (χ2v) is 5.03. The van der Waals surface area contributed by atoms with Crippen LogP contribution in [-0.4, -0.2) is 7.11 Å². The summed E-state index contributed by atoms with van der Waals surface area (Å²) in [4.78, 5) is 0. The predicted molar refractivity (Wildman–Crippen MR) is 87.0 cm³/mol. The minimum atomic E-state index is 0. The summed E-state index contributed by atoms with van der Waals surface area (Å²) in [6.07, 6.45) is 8.38. The molecule has 0 aliphatic carbocycles. The van der Waals surface area contributed by atoms with Crippen LogP contribution in [0.25, 0.3) is 22.9 Å². The molecule has 3 rings (SSSR count). The Balaban J connectivity index is 0.00000176. The van der Waals surface area contributed by atoms with Crippen molar-refractivity contribution in [2.45, 2.75) is 0 Å². The Morgan fingerprint density at radius 3 is 2.23 bits per heavy atom. The van der Waals surface area contributed by atoms with Gasteiger partial charge in [-0.05, 0) is 22.6 Å². The van der Waals surface area contributed by atoms with Gasteiger partial charge in [0, 0.05) is 17.5 Å². The third-order valence-corrected chi connectivity index (χ3v) is 3.60. The van der Waals surface area contributed by atoms with Crippen molar-refractivity contribution in [3.05, 3.63) is 72.1 Å². The van der Waals surface area contributed by atoms with Crippen LogP contribution in [0, 0.1) is 0 Å². The van der Waals surface area contributed by atoms with E-state index in [1.165, 1.54) is 16.5 Å². The van der Waals surface area contributed by atoms with Crippen LogP contribution in [0.5, 0.6) is 5.75 Å². The zero-order chi connectivity index (χ0) is 14.7. The molecule has 2 aromatic carbocycles. The molecule has 1 heterocycles. The maximum atomic E-state index is 5.43. The highest BCUT2D eigenvalue weighted by Crippen LogP contribution is 2.29. The van der Waals surface area contributed by atoms with Crippen molar-refractivity contribution < 1.29 is 21.7 Å². The van der Waals surface area contributed by atoms with Crippen LogP contribution in [0.3, 0.4) is 0 Å². The number of aryl methyl sites for hydroxylation is 1. The quantitative estimate of drug-likeness (QED) is 0.654. The molecule has 0 N–H and O–H groups in total. The van der Waals surface area contributed by atoms with Crippen LogP contribution in [0.1, 0.15) is 11.1 Å². The molecule has 3 aromatic rings. The number of halogens is 1. The summed E-state index contributed by atoms with van der Waals surface area (Å²) in [5.74, 6) is 0.912. The molecule has 0 aliphatic heterocycles. The van der Waals surface area contributed by atoms with Crippen LogP contribution in [0.4, 0.5) is 0 Å². The fourth-order valence-corrected chi connectivity index (χ4v) is 2.43. The number of fused-ring (bicyclic) bond motifs is 1. The molecule has 0 unspecified atom stereocenters. The minimum absolute atomic E-state index is 0. The number of nitrogens with zero attached hydrogens (tertiary/aromatic N) is 1. The molecule has 0 spiro atoms. The number of hydrogen-bond acceptors (Lipinski definition) is 1. The van der Waals surface area contributed by atoms with Gasteiger partial charge in [0.2, 0.25) is 0 Å². The molecule has 0 bridgehead atoms. The lowest BCUT2D eigenvalue weighted by Gasteiger charge is -2.07. The lowest BCUT2D eigenvalue weighted by atomic mass is 10.0. The van der Waals surface area contributed by atoms with Crippen molar-refractivity contribution in [3.8, 4) is 5.75 Å². The zero-order valence-corrected chi connectivity index (χ0v) is 13.4. The van der Waals surface area contributed by atoms with Crippen LogP contribution in [-0.2, 0) is 7.05 Å². The van der Waals surface area contributed by atoms with Crippen LogP contribution < -0.4 is 21.7 Å². The van der Waals surface area contributed by atoms with Gasteiger partial charge in [0.15, 0.2) is 12.4 Å². The maximum Gasteiger partial charge on any atom is 0.169 e. The minimum Gasteiger partial charge on any atom is -1.00 e. The molecule has 1 aromatic heterocycles. The highest BCUT2D eigenvalue weighted by Gasteiger charge is 2.03. The third-order valence-electron chi connectivity index (χ3n) is 3.60. The molecule has 0 aliphatic rings. The van der Waals surface area contributed by atoms with Crippen LogP contribution in [0.2, 0.25) is 0 Å². The highest BCUT2D eigenvalue weighted by molar-refractivity contribution is 5.96. The summed E-state index contributed by atoms with van der Waals surface area (Å²) in [6, 6.07) is 16.6. The molecular formula is C19H18ClNO. The van der Waals surface area contributed by atoms with Crippen molar-refractivity contribution >= 4 is 22.9 Å². The van der Waals surface area contributed by atoms with Gasteiger partial charge in [0.05, 0.1) is 7.11 Å². The topological polar surface area (TPSA) is 13.1 Å². The van der Waals surface area contributed by atoms with Crippen molar-refractivity contribution in [2.75, 3.05) is 7.11 Å². The molecule has 0 amide bonds. The van der Waals surface area contributed by atoms with Gasteiger partial charge in [-0.2, -0.15) is 0 Å². The summed E-state index contributed by atoms with van der Waals surface area (Å²) in [5.41, 5.74) is 2.38. The average Bonchev–Trinajstić information content (AvgIpc) is 2.54. The molecule has 22 heavy (non-hydrogen) atoms. The fraction of sp³-hybridized carbons (Fsp3) is 0.105. The Hall–Kier alpha value is -2.32. The van der Waals surface area contributed by atoms with E-state index in [1.807, 2.05) is 36.1 Å². The number of methoxy groups -OCH3 is 1. The van der Waals surface area contributed by atoms with Gasteiger partial charge >= 0.3 is 0 Å². The molecule has 0 fully saturated rings. The van der Waals surface area contributed by atoms with Gasteiger partial charge in [0.25, 0.3) is 0 Å². The number of pyridine rings is 1. The Morgan fingerprint density at radius 1 is 0.864 bits per heavy atom. The SMILES string of the molecule is COc1ccc(/C=C/c2cc[n+](C)cc2)c2ccccc12.[Cl-]. The predicted octanol–water partition coefficient (Wildman–Crippen LogP) is 0.847. The third kappa shape index (κ3) is 3.29. The van der Waals surface area contributed by atoms with E-state index >= 15 is 0 Å². The molecule has 0 atom stereocenters. The van der Waals surface area contributed by atoms with Crippen molar-refractivity contribution in [1.82, 2.24) is 0 Å². The molecular weight excluding hydrogens is 294 g/mol. The highest BCUT2D eigenvalue weighted by atomic mass is 35.5. The summed E-state index contributed by atoms with van der Waals surface area (Å²) in [6.45, 7) is 0. The van der Waals surface area contributed by atoms with Crippen LogP contribution >= 0.6 is 0 Å². The zero-order valence-electron chi connectivity index (χ0n) is 12.7. The molecule has 0 radical (unpaired) electrons. The number of ether oxygens (including phenoxy) is 1. The normalized spacial score (nSPS) is 10.6. The first-order valence-electron chi connectivity index (χ1n) is 6.97. The smallest absolute Gasteiger partial charge is 0.169 e. The Bertz CT molecular complexity index is 794. The summed E-state index contributed by atoms with van der Waals surface area (Å²) >= 11 is 0. The van der Waals surface area contributed by atoms with E-state index in [-0.39, 0.29) is 12.4 Å². The van der Waals surface area contributed by atoms with E-state index in [0.29, 0.717) is 0 Å². The first-order chi connectivity index (χ1) is 10.3. The van der Waals surface area contributed by atoms with E-state index < -0.39 is 0 Å². The molecule has 112 valence electrons. The van der Waals surface area contributed by atoms with Gasteiger partial charge < -0.3 is 17.1 Å². The van der Waals surface area contributed by atoms with Gasteiger partial charge in [-0.25, -0.2) is 4.57 Å². The largest absolute Gasteiger partial charge is 1.00 e. The first-order valence-corrected chi connectivity index (χ1v) is 6.97. The van der Waals surface area contributed by atoms with E-state index in [4.69, 9.17) is 4.74 Å². The maximum absolute atomic E-state index is 5.43. The number of benzene rings is 2. The second-order valence-electron chi connectivity index (χ2n) is 5.03. The Labute approximate surface area is 137 Å². The van der Waals surface area contributed by atoms with E-state index in [1.54, 1.807) is 7.11 Å². The van der Waals surface area contributed by atoms with Gasteiger partial charge in [-0.1, -0.05) is 42.5 Å². The van der Waals surface area contributed by atoms with Crippen LogP contribution in [0.15, 0.2) is 60.9 Å². The second kappa shape index (κ2) is 7.10. The molecule has 2 nitrogen and oxygen atoms in total. The lowest BCUT2D eigenvalue weighted by Crippen LogP contribution is -3.00.